The van der Waals surface area contributed by atoms with Gasteiger partial charge in [-0.15, -0.1) is 0 Å². The van der Waals surface area contributed by atoms with E-state index in [1.54, 1.807) is 43.8 Å². The molecule has 7 heteroatoms. The fraction of sp³-hybridized carbons (Fsp3) is 0.450. The van der Waals surface area contributed by atoms with Gasteiger partial charge in [-0.25, -0.2) is 9.97 Å². The van der Waals surface area contributed by atoms with E-state index in [1.807, 2.05) is 0 Å². The molecule has 3 rings (SSSR count). The summed E-state index contributed by atoms with van der Waals surface area (Å²) in [6.45, 7) is 3.16. The highest BCUT2D eigenvalue weighted by molar-refractivity contribution is 5.94. The number of ether oxygens (including phenoxy) is 2. The Morgan fingerprint density at radius 3 is 2.59 bits per heavy atom. The molecule has 1 N–H and O–H groups in total. The molecule has 1 fully saturated rings. The van der Waals surface area contributed by atoms with Gasteiger partial charge in [-0.1, -0.05) is 0 Å². The van der Waals surface area contributed by atoms with Crippen LogP contribution in [0.2, 0.25) is 0 Å². The molecule has 1 aliphatic rings. The summed E-state index contributed by atoms with van der Waals surface area (Å²) < 4.78 is 10.9. The van der Waals surface area contributed by atoms with Gasteiger partial charge in [0.05, 0.1) is 0 Å². The van der Waals surface area contributed by atoms with Crippen molar-refractivity contribution in [1.82, 2.24) is 15.3 Å². The molecular formula is C20H26N4O3. The Bertz CT molecular complexity index is 730. The molecule has 1 amide bonds. The third-order valence-electron chi connectivity index (χ3n) is 4.44. The van der Waals surface area contributed by atoms with Crippen molar-refractivity contribution in [1.29, 1.82) is 0 Å². The van der Waals surface area contributed by atoms with Crippen molar-refractivity contribution in [2.45, 2.75) is 25.7 Å². The van der Waals surface area contributed by atoms with E-state index in [2.05, 4.69) is 20.2 Å². The highest BCUT2D eigenvalue weighted by Gasteiger charge is 2.18. The fourth-order valence-corrected chi connectivity index (χ4v) is 3.02. The van der Waals surface area contributed by atoms with Gasteiger partial charge in [-0.05, 0) is 49.9 Å². The summed E-state index contributed by atoms with van der Waals surface area (Å²) in [5.41, 5.74) is 0.593. The van der Waals surface area contributed by atoms with Gasteiger partial charge in [-0.3, -0.25) is 4.79 Å². The third kappa shape index (κ3) is 5.40. The lowest BCUT2D eigenvalue weighted by molar-refractivity contribution is 0.0948. The van der Waals surface area contributed by atoms with Crippen LogP contribution >= 0.6 is 0 Å². The predicted molar refractivity (Wildman–Crippen MR) is 103 cm³/mol. The number of piperidine rings is 1. The number of hydrogen-bond acceptors (Lipinski definition) is 6. The molecule has 144 valence electrons. The molecule has 0 unspecified atom stereocenters. The van der Waals surface area contributed by atoms with Crippen LogP contribution in [0.15, 0.2) is 36.7 Å². The van der Waals surface area contributed by atoms with Crippen LogP contribution in [0.25, 0.3) is 0 Å². The zero-order chi connectivity index (χ0) is 18.9. The molecular weight excluding hydrogens is 344 g/mol. The number of rotatable bonds is 8. The Hall–Kier alpha value is -2.67. The van der Waals surface area contributed by atoms with Gasteiger partial charge in [-0.2, -0.15) is 0 Å². The lowest BCUT2D eigenvalue weighted by Crippen LogP contribution is -2.30. The standard InChI is InChI=1S/C20H26N4O3/c1-26-15-5-10-22-19(25)16-6-8-17(9-7-16)27-20-18(21-11-12-23-20)24-13-3-2-4-14-24/h6-9,11-12H,2-5,10,13-15H2,1H3,(H,22,25). The summed E-state index contributed by atoms with van der Waals surface area (Å²) >= 11 is 0. The van der Waals surface area contributed by atoms with E-state index in [0.29, 0.717) is 30.3 Å². The second kappa shape index (κ2) is 9.87. The second-order valence-corrected chi connectivity index (χ2v) is 6.46. The number of benzene rings is 1. The topological polar surface area (TPSA) is 76.6 Å². The molecule has 0 aliphatic carbocycles. The third-order valence-corrected chi connectivity index (χ3v) is 4.44. The van der Waals surface area contributed by atoms with Crippen molar-refractivity contribution in [3.8, 4) is 11.6 Å². The van der Waals surface area contributed by atoms with Gasteiger partial charge in [0.25, 0.3) is 11.8 Å². The number of methoxy groups -OCH3 is 1. The van der Waals surface area contributed by atoms with Crippen LogP contribution in [0.4, 0.5) is 5.82 Å². The molecule has 1 aromatic carbocycles. The highest BCUT2D eigenvalue weighted by atomic mass is 16.5. The minimum Gasteiger partial charge on any atom is -0.436 e. The molecule has 0 spiro atoms. The van der Waals surface area contributed by atoms with E-state index in [4.69, 9.17) is 9.47 Å². The predicted octanol–water partition coefficient (Wildman–Crippen LogP) is 3.03. The van der Waals surface area contributed by atoms with Gasteiger partial charge in [0.1, 0.15) is 5.75 Å². The number of hydrogen-bond donors (Lipinski definition) is 1. The molecule has 27 heavy (non-hydrogen) atoms. The zero-order valence-electron chi connectivity index (χ0n) is 15.7. The first-order valence-corrected chi connectivity index (χ1v) is 9.39. The molecule has 0 atom stereocenters. The number of carbonyl (C=O) groups is 1. The Morgan fingerprint density at radius 1 is 1.11 bits per heavy atom. The average molecular weight is 370 g/mol. The van der Waals surface area contributed by atoms with Crippen molar-refractivity contribution in [3.63, 3.8) is 0 Å². The number of carbonyl (C=O) groups excluding carboxylic acids is 1. The minimum absolute atomic E-state index is 0.105. The number of anilines is 1. The molecule has 2 aromatic rings. The van der Waals surface area contributed by atoms with Crippen molar-refractivity contribution in [2.24, 2.45) is 0 Å². The zero-order valence-corrected chi connectivity index (χ0v) is 15.7. The summed E-state index contributed by atoms with van der Waals surface area (Å²) in [7, 11) is 1.65. The summed E-state index contributed by atoms with van der Waals surface area (Å²) in [6.07, 6.45) is 7.67. The normalized spacial score (nSPS) is 14.0. The smallest absolute Gasteiger partial charge is 0.263 e. The van der Waals surface area contributed by atoms with Crippen LogP contribution in [0, 0.1) is 0 Å². The highest BCUT2D eigenvalue weighted by Crippen LogP contribution is 2.29. The van der Waals surface area contributed by atoms with E-state index in [-0.39, 0.29) is 5.91 Å². The first-order chi connectivity index (χ1) is 13.3. The lowest BCUT2D eigenvalue weighted by atomic mass is 10.1. The van der Waals surface area contributed by atoms with Crippen molar-refractivity contribution in [2.75, 3.05) is 38.3 Å². The summed E-state index contributed by atoms with van der Waals surface area (Å²) in [4.78, 5) is 23.1. The Balaban J connectivity index is 1.62. The Labute approximate surface area is 159 Å². The van der Waals surface area contributed by atoms with Crippen LogP contribution in [0.3, 0.4) is 0 Å². The van der Waals surface area contributed by atoms with Gasteiger partial charge in [0, 0.05) is 51.3 Å². The number of aromatic nitrogens is 2. The van der Waals surface area contributed by atoms with Gasteiger partial charge < -0.3 is 19.7 Å². The SMILES string of the molecule is COCCCNC(=O)c1ccc(Oc2nccnc2N2CCCCC2)cc1. The monoisotopic (exact) mass is 370 g/mol. The average Bonchev–Trinajstić information content (AvgIpc) is 2.73. The second-order valence-electron chi connectivity index (χ2n) is 6.46. The molecule has 0 radical (unpaired) electrons. The molecule has 1 aromatic heterocycles. The minimum atomic E-state index is -0.105. The van der Waals surface area contributed by atoms with E-state index in [0.717, 1.165) is 38.2 Å². The number of amides is 1. The Kier molecular flexibility index (Phi) is 6.98. The Morgan fingerprint density at radius 2 is 1.85 bits per heavy atom. The van der Waals surface area contributed by atoms with Crippen LogP contribution < -0.4 is 15.0 Å². The van der Waals surface area contributed by atoms with E-state index in [1.165, 1.54) is 6.42 Å². The maximum Gasteiger partial charge on any atom is 0.263 e. The van der Waals surface area contributed by atoms with E-state index in [9.17, 15) is 4.79 Å². The van der Waals surface area contributed by atoms with Crippen molar-refractivity contribution >= 4 is 11.7 Å². The molecule has 2 heterocycles. The summed E-state index contributed by atoms with van der Waals surface area (Å²) in [5.74, 6) is 1.80. The summed E-state index contributed by atoms with van der Waals surface area (Å²) in [5, 5.41) is 2.87. The summed E-state index contributed by atoms with van der Waals surface area (Å²) in [6, 6.07) is 7.05. The van der Waals surface area contributed by atoms with Crippen LogP contribution in [-0.2, 0) is 4.74 Å². The quantitative estimate of drug-likeness (QED) is 0.720. The van der Waals surface area contributed by atoms with Gasteiger partial charge >= 0.3 is 0 Å². The van der Waals surface area contributed by atoms with E-state index < -0.39 is 0 Å². The molecule has 0 bridgehead atoms. The molecule has 0 saturated carbocycles. The lowest BCUT2D eigenvalue weighted by Gasteiger charge is -2.28. The molecule has 1 saturated heterocycles. The fourth-order valence-electron chi connectivity index (χ4n) is 3.02. The largest absolute Gasteiger partial charge is 0.436 e. The van der Waals surface area contributed by atoms with Crippen LogP contribution in [-0.4, -0.2) is 49.2 Å². The van der Waals surface area contributed by atoms with Crippen LogP contribution in [0.1, 0.15) is 36.0 Å². The number of nitrogens with zero attached hydrogens (tertiary/aromatic N) is 3. The van der Waals surface area contributed by atoms with Gasteiger partial charge in [0.2, 0.25) is 0 Å². The maximum atomic E-state index is 12.1. The van der Waals surface area contributed by atoms with E-state index >= 15 is 0 Å². The number of nitrogens with one attached hydrogen (secondary N) is 1. The first-order valence-electron chi connectivity index (χ1n) is 9.39. The molecule has 1 aliphatic heterocycles. The molecule has 7 nitrogen and oxygen atoms in total. The maximum absolute atomic E-state index is 12.1. The van der Waals surface area contributed by atoms with Crippen LogP contribution in [0.5, 0.6) is 11.6 Å². The van der Waals surface area contributed by atoms with Crippen molar-refractivity contribution < 1.29 is 14.3 Å². The van der Waals surface area contributed by atoms with Crippen molar-refractivity contribution in [3.05, 3.63) is 42.2 Å². The first kappa shape index (κ1) is 19.1. The van der Waals surface area contributed by atoms with Gasteiger partial charge in [0.15, 0.2) is 5.82 Å².